The zero-order valence-electron chi connectivity index (χ0n) is 30.6. The summed E-state index contributed by atoms with van der Waals surface area (Å²) in [7, 11) is 0. The Morgan fingerprint density at radius 1 is 1.08 bits per heavy atom. The topological polar surface area (TPSA) is 140 Å². The zero-order chi connectivity index (χ0) is 37.7. The summed E-state index contributed by atoms with van der Waals surface area (Å²) in [6, 6.07) is -0.728. The zero-order valence-corrected chi connectivity index (χ0v) is 32.2. The molecule has 0 aromatic rings. The highest BCUT2D eigenvalue weighted by Gasteiger charge is 2.31. The Labute approximate surface area is 308 Å². The molecular weight excluding hydrogens is 678 g/mol. The van der Waals surface area contributed by atoms with E-state index in [2.05, 4.69) is 28.6 Å². The van der Waals surface area contributed by atoms with Crippen molar-refractivity contribution in [1.29, 1.82) is 0 Å². The number of carbonyl (C=O) groups excluding carboxylic acids is 5. The minimum Gasteiger partial charge on any atom is -0.458 e. The van der Waals surface area contributed by atoms with Crippen LogP contribution in [0.1, 0.15) is 87.0 Å². The SMILES string of the molecule is CC1=CC[C@@H]([C@@H](C)/C=C(C)/C=C\C=C/C(=O)N[C@H](C(=O)C/C=C\C[C@H](C/C=C(\C)Cl)OC(=O)NCCCNC(=O)CCS)C(C)(C)C)OC1=O. The van der Waals surface area contributed by atoms with Gasteiger partial charge in [-0.05, 0) is 38.4 Å². The summed E-state index contributed by atoms with van der Waals surface area (Å²) >= 11 is 10.0. The Balaban J connectivity index is 2.67. The number of hydrogen-bond acceptors (Lipinski definition) is 8. The lowest BCUT2D eigenvalue weighted by molar-refractivity contribution is -0.147. The molecule has 0 radical (unpaired) electrons. The van der Waals surface area contributed by atoms with Gasteiger partial charge in [-0.2, -0.15) is 12.6 Å². The highest BCUT2D eigenvalue weighted by Crippen LogP contribution is 2.23. The molecule has 3 amide bonds. The largest absolute Gasteiger partial charge is 0.458 e. The molecule has 0 aromatic carbocycles. The summed E-state index contributed by atoms with van der Waals surface area (Å²) in [5, 5.41) is 8.84. The van der Waals surface area contributed by atoms with Crippen LogP contribution in [-0.2, 0) is 28.7 Å². The van der Waals surface area contributed by atoms with Crippen molar-refractivity contribution in [2.45, 2.75) is 105 Å². The lowest BCUT2D eigenvalue weighted by Crippen LogP contribution is -2.48. The molecule has 1 aliphatic rings. The van der Waals surface area contributed by atoms with Gasteiger partial charge in [-0.3, -0.25) is 14.4 Å². The summed E-state index contributed by atoms with van der Waals surface area (Å²) in [5.74, 6) is -0.404. The molecule has 4 atom stereocenters. The third kappa shape index (κ3) is 19.6. The minimum absolute atomic E-state index is 0.0307. The van der Waals surface area contributed by atoms with Gasteiger partial charge >= 0.3 is 12.1 Å². The number of carbonyl (C=O) groups is 5. The molecule has 1 heterocycles. The molecule has 278 valence electrons. The molecule has 0 fully saturated rings. The van der Waals surface area contributed by atoms with E-state index in [-0.39, 0.29) is 42.0 Å². The monoisotopic (exact) mass is 733 g/mol. The van der Waals surface area contributed by atoms with Gasteiger partial charge in [0.2, 0.25) is 11.8 Å². The van der Waals surface area contributed by atoms with E-state index in [1.807, 2.05) is 52.8 Å². The second kappa shape index (κ2) is 23.8. The van der Waals surface area contributed by atoms with Crippen LogP contribution in [0.15, 0.2) is 70.9 Å². The Bertz CT molecular complexity index is 1340. The van der Waals surface area contributed by atoms with E-state index in [4.69, 9.17) is 21.1 Å². The molecule has 1 rings (SSSR count). The third-order valence-corrected chi connectivity index (χ3v) is 8.02. The van der Waals surface area contributed by atoms with E-state index >= 15 is 0 Å². The van der Waals surface area contributed by atoms with Crippen molar-refractivity contribution in [3.8, 4) is 0 Å². The summed E-state index contributed by atoms with van der Waals surface area (Å²) in [5.41, 5.74) is 1.06. The Kier molecular flexibility index (Phi) is 21.1. The van der Waals surface area contributed by atoms with Crippen molar-refractivity contribution < 1.29 is 33.4 Å². The lowest BCUT2D eigenvalue weighted by Gasteiger charge is -2.29. The predicted molar refractivity (Wildman–Crippen MR) is 203 cm³/mol. The summed E-state index contributed by atoms with van der Waals surface area (Å²) < 4.78 is 11.1. The Hall–Kier alpha value is -3.57. The number of alkyl carbamates (subject to hydrolysis) is 1. The van der Waals surface area contributed by atoms with Crippen LogP contribution in [0.2, 0.25) is 0 Å². The van der Waals surface area contributed by atoms with Crippen LogP contribution in [0.3, 0.4) is 0 Å². The number of ether oxygens (including phenoxy) is 2. The number of thiol groups is 1. The lowest BCUT2D eigenvalue weighted by atomic mass is 9.83. The predicted octanol–water partition coefficient (Wildman–Crippen LogP) is 6.83. The smallest absolute Gasteiger partial charge is 0.407 e. The quantitative estimate of drug-likeness (QED) is 0.0269. The minimum atomic E-state index is -0.728. The normalized spacial score (nSPS) is 17.7. The molecule has 0 saturated carbocycles. The highest BCUT2D eigenvalue weighted by atomic mass is 35.5. The van der Waals surface area contributed by atoms with Gasteiger partial charge in [0.15, 0.2) is 5.78 Å². The van der Waals surface area contributed by atoms with Gasteiger partial charge < -0.3 is 25.4 Å². The Morgan fingerprint density at radius 2 is 1.76 bits per heavy atom. The van der Waals surface area contributed by atoms with Gasteiger partial charge in [0.1, 0.15) is 12.2 Å². The van der Waals surface area contributed by atoms with Crippen LogP contribution >= 0.6 is 24.2 Å². The van der Waals surface area contributed by atoms with Gasteiger partial charge in [-0.1, -0.05) is 93.5 Å². The number of esters is 1. The molecule has 0 aliphatic carbocycles. The van der Waals surface area contributed by atoms with Gasteiger partial charge in [-0.25, -0.2) is 9.59 Å². The van der Waals surface area contributed by atoms with Gasteiger partial charge in [0.25, 0.3) is 0 Å². The molecular formula is C38H56ClN3O7S. The number of halogens is 1. The van der Waals surface area contributed by atoms with E-state index in [1.165, 1.54) is 6.08 Å². The molecule has 1 aliphatic heterocycles. The van der Waals surface area contributed by atoms with Crippen LogP contribution in [0.5, 0.6) is 0 Å². The number of nitrogens with one attached hydrogen (secondary N) is 3. The number of amides is 3. The first kappa shape index (κ1) is 44.5. The van der Waals surface area contributed by atoms with Crippen LogP contribution < -0.4 is 16.0 Å². The maximum atomic E-state index is 13.2. The third-order valence-electron chi connectivity index (χ3n) is 7.65. The molecule has 50 heavy (non-hydrogen) atoms. The Morgan fingerprint density at radius 3 is 2.40 bits per heavy atom. The van der Waals surface area contributed by atoms with Crippen LogP contribution in [0.4, 0.5) is 4.79 Å². The van der Waals surface area contributed by atoms with E-state index in [9.17, 15) is 24.0 Å². The van der Waals surface area contributed by atoms with Crippen molar-refractivity contribution in [2.24, 2.45) is 11.3 Å². The number of hydrogen-bond donors (Lipinski definition) is 4. The van der Waals surface area contributed by atoms with Crippen molar-refractivity contribution in [3.63, 3.8) is 0 Å². The first-order valence-electron chi connectivity index (χ1n) is 17.1. The van der Waals surface area contributed by atoms with Crippen LogP contribution in [0, 0.1) is 11.3 Å². The molecule has 0 unspecified atom stereocenters. The molecule has 0 bridgehead atoms. The molecule has 0 spiro atoms. The first-order chi connectivity index (χ1) is 23.5. The fraction of sp³-hybridized carbons (Fsp3) is 0.553. The number of cyclic esters (lactones) is 1. The van der Waals surface area contributed by atoms with Crippen molar-refractivity contribution in [1.82, 2.24) is 16.0 Å². The van der Waals surface area contributed by atoms with Crippen LogP contribution in [0.25, 0.3) is 0 Å². The maximum absolute atomic E-state index is 13.2. The standard InChI is InChI=1S/C38H56ClN3O7S/c1-26(25-28(3)32-20-17-27(2)36(46)49-32)13-8-11-16-34(45)42-35(38(5,6)7)31(43)15-10-9-14-30(19-18-29(4)39)48-37(47)41-23-12-22-40-33(44)21-24-50/h8-11,13,16-18,25,28,30,32,35,50H,12,14-15,19-24H2,1-7H3,(H,40,44)(H,41,47)(H,42,45)/b10-9-,13-8-,16-11-,26-25+,29-18+/t28-,30+,32-,35+/m0/s1. The molecule has 12 heteroatoms. The summed E-state index contributed by atoms with van der Waals surface area (Å²) in [4.78, 5) is 61.7. The van der Waals surface area contributed by atoms with Crippen molar-refractivity contribution >= 4 is 53.9 Å². The van der Waals surface area contributed by atoms with Crippen molar-refractivity contribution in [2.75, 3.05) is 18.8 Å². The molecule has 0 aromatic heterocycles. The van der Waals surface area contributed by atoms with Gasteiger partial charge in [0, 0.05) is 67.8 Å². The van der Waals surface area contributed by atoms with Crippen LogP contribution in [-0.4, -0.2) is 66.8 Å². The molecule has 3 N–H and O–H groups in total. The number of ketones is 1. The molecule has 0 saturated heterocycles. The maximum Gasteiger partial charge on any atom is 0.407 e. The van der Waals surface area contributed by atoms with Gasteiger partial charge in [0.05, 0.1) is 6.04 Å². The number of allylic oxidation sites excluding steroid dienone is 6. The van der Waals surface area contributed by atoms with Gasteiger partial charge in [-0.15, -0.1) is 0 Å². The van der Waals surface area contributed by atoms with E-state index in [1.54, 1.807) is 44.2 Å². The molecule has 10 nitrogen and oxygen atoms in total. The highest BCUT2D eigenvalue weighted by molar-refractivity contribution is 7.80. The first-order valence-corrected chi connectivity index (χ1v) is 18.1. The average Bonchev–Trinajstić information content (AvgIpc) is 3.03. The second-order valence-corrected chi connectivity index (χ2v) is 14.4. The number of rotatable bonds is 20. The average molecular weight is 734 g/mol. The van der Waals surface area contributed by atoms with E-state index in [0.717, 1.165) is 5.57 Å². The summed E-state index contributed by atoms with van der Waals surface area (Å²) in [6.07, 6.45) is 16.9. The second-order valence-electron chi connectivity index (χ2n) is 13.4. The summed E-state index contributed by atoms with van der Waals surface area (Å²) in [6.45, 7) is 13.8. The fourth-order valence-corrected chi connectivity index (χ4v) is 5.11. The van der Waals surface area contributed by atoms with Crippen molar-refractivity contribution in [3.05, 3.63) is 70.9 Å². The van der Waals surface area contributed by atoms with E-state index < -0.39 is 23.7 Å². The fourth-order valence-electron chi connectivity index (χ4n) is 4.82. The number of Topliss-reactive ketones (excluding diaryl/α,β-unsaturated/α-hetero) is 1. The van der Waals surface area contributed by atoms with E-state index in [0.29, 0.717) is 61.6 Å².